The van der Waals surface area contributed by atoms with E-state index in [1.165, 1.54) is 0 Å². The molecule has 2 aliphatic rings. The summed E-state index contributed by atoms with van der Waals surface area (Å²) in [5, 5.41) is 7.86. The standard InChI is InChI=1S/C27H39N3O4/c1-7-22-20-14-25(34-6)24(33-5)13-19(20)21(27(31)30-22)12-17-10-16-11-18(32-4)8-9-23(16)29-26(17)28-15(2)3/h8-11,15,19-22,24-25H,7,12-14H2,1-6H3,(H,28,29)(H,30,31). The summed E-state index contributed by atoms with van der Waals surface area (Å²) in [4.78, 5) is 18.4. The van der Waals surface area contributed by atoms with Crippen LogP contribution >= 0.6 is 0 Å². The van der Waals surface area contributed by atoms with Gasteiger partial charge in [-0.1, -0.05) is 6.92 Å². The Hall–Kier alpha value is -2.38. The number of pyridine rings is 1. The predicted molar refractivity (Wildman–Crippen MR) is 134 cm³/mol. The van der Waals surface area contributed by atoms with Crippen molar-refractivity contribution in [2.24, 2.45) is 17.8 Å². The number of ether oxygens (including phenoxy) is 3. The number of carbonyl (C=O) groups is 1. The molecule has 1 aliphatic carbocycles. The Bertz CT molecular complexity index is 1010. The Balaban J connectivity index is 1.71. The lowest BCUT2D eigenvalue weighted by Crippen LogP contribution is -2.59. The van der Waals surface area contributed by atoms with Gasteiger partial charge in [0.2, 0.25) is 5.91 Å². The summed E-state index contributed by atoms with van der Waals surface area (Å²) in [6.45, 7) is 6.36. The number of benzene rings is 1. The second-order valence-corrected chi connectivity index (χ2v) is 10.0. The fraction of sp³-hybridized carbons (Fsp3) is 0.630. The number of carbonyl (C=O) groups excluding carboxylic acids is 1. The molecule has 1 aromatic carbocycles. The van der Waals surface area contributed by atoms with Gasteiger partial charge in [0.25, 0.3) is 0 Å². The van der Waals surface area contributed by atoms with Gasteiger partial charge in [0.1, 0.15) is 11.6 Å². The van der Waals surface area contributed by atoms with Crippen LogP contribution in [0, 0.1) is 17.8 Å². The van der Waals surface area contributed by atoms with Crippen molar-refractivity contribution in [1.29, 1.82) is 0 Å². The number of nitrogens with zero attached hydrogens (tertiary/aromatic N) is 1. The van der Waals surface area contributed by atoms with Crippen LogP contribution < -0.4 is 15.4 Å². The largest absolute Gasteiger partial charge is 0.497 e. The summed E-state index contributed by atoms with van der Waals surface area (Å²) >= 11 is 0. The number of methoxy groups -OCH3 is 3. The van der Waals surface area contributed by atoms with Crippen LogP contribution in [-0.4, -0.2) is 56.5 Å². The molecule has 1 aromatic heterocycles. The predicted octanol–water partition coefficient (Wildman–Crippen LogP) is 4.19. The molecule has 2 heterocycles. The Morgan fingerprint density at radius 3 is 2.41 bits per heavy atom. The molecule has 0 radical (unpaired) electrons. The van der Waals surface area contributed by atoms with E-state index in [1.807, 2.05) is 18.2 Å². The van der Waals surface area contributed by atoms with Crippen LogP contribution in [0.3, 0.4) is 0 Å². The highest BCUT2D eigenvalue weighted by Crippen LogP contribution is 2.44. The first-order valence-electron chi connectivity index (χ1n) is 12.5. The van der Waals surface area contributed by atoms with E-state index in [4.69, 9.17) is 19.2 Å². The van der Waals surface area contributed by atoms with E-state index in [1.54, 1.807) is 21.3 Å². The fourth-order valence-corrected chi connectivity index (χ4v) is 5.97. The molecule has 1 saturated carbocycles. The summed E-state index contributed by atoms with van der Waals surface area (Å²) in [6.07, 6.45) is 3.35. The number of piperidine rings is 1. The molecular formula is C27H39N3O4. The molecular weight excluding hydrogens is 430 g/mol. The highest BCUT2D eigenvalue weighted by molar-refractivity contribution is 5.84. The molecule has 6 unspecified atom stereocenters. The molecule has 34 heavy (non-hydrogen) atoms. The van der Waals surface area contributed by atoms with Gasteiger partial charge >= 0.3 is 0 Å². The Labute approximate surface area is 202 Å². The minimum Gasteiger partial charge on any atom is -0.497 e. The van der Waals surface area contributed by atoms with Crippen molar-refractivity contribution in [2.45, 2.75) is 70.7 Å². The van der Waals surface area contributed by atoms with Crippen molar-refractivity contribution in [3.8, 4) is 5.75 Å². The smallest absolute Gasteiger partial charge is 0.223 e. The van der Waals surface area contributed by atoms with Gasteiger partial charge in [0, 0.05) is 37.6 Å². The molecule has 6 atom stereocenters. The minimum atomic E-state index is -0.138. The molecule has 0 bridgehead atoms. The molecule has 0 spiro atoms. The van der Waals surface area contributed by atoms with Gasteiger partial charge in [-0.25, -0.2) is 4.98 Å². The Morgan fingerprint density at radius 2 is 1.79 bits per heavy atom. The van der Waals surface area contributed by atoms with E-state index in [0.717, 1.165) is 47.3 Å². The van der Waals surface area contributed by atoms with E-state index >= 15 is 0 Å². The van der Waals surface area contributed by atoms with Gasteiger partial charge in [-0.3, -0.25) is 4.79 Å². The van der Waals surface area contributed by atoms with Gasteiger partial charge in [-0.15, -0.1) is 0 Å². The monoisotopic (exact) mass is 469 g/mol. The molecule has 1 amide bonds. The van der Waals surface area contributed by atoms with Crippen molar-refractivity contribution in [3.05, 3.63) is 29.8 Å². The average Bonchev–Trinajstić information content (AvgIpc) is 2.84. The molecule has 2 N–H and O–H groups in total. The lowest BCUT2D eigenvalue weighted by molar-refractivity contribution is -0.144. The lowest BCUT2D eigenvalue weighted by atomic mass is 9.63. The Morgan fingerprint density at radius 1 is 1.09 bits per heavy atom. The number of anilines is 1. The fourth-order valence-electron chi connectivity index (χ4n) is 5.97. The van der Waals surface area contributed by atoms with Gasteiger partial charge in [0.15, 0.2) is 0 Å². The van der Waals surface area contributed by atoms with E-state index < -0.39 is 0 Å². The molecule has 186 valence electrons. The van der Waals surface area contributed by atoms with Crippen LogP contribution in [0.5, 0.6) is 5.75 Å². The second kappa shape index (κ2) is 10.5. The zero-order valence-corrected chi connectivity index (χ0v) is 21.3. The first-order valence-corrected chi connectivity index (χ1v) is 12.5. The highest BCUT2D eigenvalue weighted by Gasteiger charge is 2.49. The van der Waals surface area contributed by atoms with Crippen LogP contribution in [0.15, 0.2) is 24.3 Å². The van der Waals surface area contributed by atoms with E-state index in [2.05, 4.69) is 37.5 Å². The van der Waals surface area contributed by atoms with Crippen LogP contribution in [0.25, 0.3) is 10.9 Å². The number of rotatable bonds is 8. The molecule has 2 aromatic rings. The normalized spacial score (nSPS) is 29.1. The number of aromatic nitrogens is 1. The topological polar surface area (TPSA) is 81.7 Å². The maximum atomic E-state index is 13.4. The van der Waals surface area contributed by atoms with Crippen molar-refractivity contribution in [3.63, 3.8) is 0 Å². The molecule has 4 rings (SSSR count). The third-order valence-electron chi connectivity index (χ3n) is 7.68. The van der Waals surface area contributed by atoms with E-state index in [9.17, 15) is 4.79 Å². The van der Waals surface area contributed by atoms with Crippen LogP contribution in [0.2, 0.25) is 0 Å². The SMILES string of the molecule is CCC1NC(=O)C(Cc2cc3cc(OC)ccc3nc2NC(C)C)C2CC(OC)C(OC)CC12. The number of hydrogen-bond donors (Lipinski definition) is 2. The van der Waals surface area contributed by atoms with Crippen molar-refractivity contribution in [2.75, 3.05) is 26.6 Å². The van der Waals surface area contributed by atoms with Gasteiger partial charge in [0.05, 0.1) is 24.8 Å². The van der Waals surface area contributed by atoms with Crippen molar-refractivity contribution < 1.29 is 19.0 Å². The average molecular weight is 470 g/mol. The number of amides is 1. The van der Waals surface area contributed by atoms with Crippen LogP contribution in [-0.2, 0) is 20.7 Å². The number of fused-ring (bicyclic) bond motifs is 2. The van der Waals surface area contributed by atoms with Crippen LogP contribution in [0.1, 0.15) is 45.6 Å². The first kappa shape index (κ1) is 24.7. The third-order valence-corrected chi connectivity index (χ3v) is 7.68. The minimum absolute atomic E-state index is 0.00408. The first-order chi connectivity index (χ1) is 16.4. The summed E-state index contributed by atoms with van der Waals surface area (Å²) in [5.41, 5.74) is 1.97. The quantitative estimate of drug-likeness (QED) is 0.603. The molecule has 1 aliphatic heterocycles. The molecule has 7 heteroatoms. The Kier molecular flexibility index (Phi) is 7.63. The maximum absolute atomic E-state index is 13.4. The summed E-state index contributed by atoms with van der Waals surface area (Å²) in [7, 11) is 5.18. The zero-order valence-electron chi connectivity index (χ0n) is 21.3. The summed E-state index contributed by atoms with van der Waals surface area (Å²) in [5.74, 6) is 2.26. The lowest BCUT2D eigenvalue weighted by Gasteiger charge is -2.49. The van der Waals surface area contributed by atoms with Gasteiger partial charge < -0.3 is 24.8 Å². The van der Waals surface area contributed by atoms with Crippen molar-refractivity contribution >= 4 is 22.6 Å². The van der Waals surface area contributed by atoms with E-state index in [-0.39, 0.29) is 42.0 Å². The van der Waals surface area contributed by atoms with Gasteiger partial charge in [-0.05, 0) is 81.2 Å². The third kappa shape index (κ3) is 4.86. The summed E-state index contributed by atoms with van der Waals surface area (Å²) < 4.78 is 17.0. The van der Waals surface area contributed by atoms with E-state index in [0.29, 0.717) is 12.3 Å². The second-order valence-electron chi connectivity index (χ2n) is 10.0. The maximum Gasteiger partial charge on any atom is 0.223 e. The molecule has 1 saturated heterocycles. The summed E-state index contributed by atoms with van der Waals surface area (Å²) in [6, 6.07) is 8.49. The highest BCUT2D eigenvalue weighted by atomic mass is 16.5. The van der Waals surface area contributed by atoms with Gasteiger partial charge in [-0.2, -0.15) is 0 Å². The molecule has 2 fully saturated rings. The zero-order chi connectivity index (χ0) is 24.4. The van der Waals surface area contributed by atoms with Crippen molar-refractivity contribution in [1.82, 2.24) is 10.3 Å². The van der Waals surface area contributed by atoms with Crippen LogP contribution in [0.4, 0.5) is 5.82 Å². The number of nitrogens with one attached hydrogen (secondary N) is 2. The number of hydrogen-bond acceptors (Lipinski definition) is 6. The molecule has 7 nitrogen and oxygen atoms in total.